The van der Waals surface area contributed by atoms with E-state index in [9.17, 15) is 18.0 Å². The van der Waals surface area contributed by atoms with Crippen molar-refractivity contribution in [3.05, 3.63) is 78.2 Å². The van der Waals surface area contributed by atoms with Crippen LogP contribution in [0.15, 0.2) is 67.1 Å². The van der Waals surface area contributed by atoms with Crippen LogP contribution in [0.5, 0.6) is 0 Å². The highest BCUT2D eigenvalue weighted by atomic mass is 19.4. The molecule has 0 spiro atoms. The maximum Gasteiger partial charge on any atom is 0.405 e. The van der Waals surface area contributed by atoms with E-state index in [4.69, 9.17) is 0 Å². The molecule has 0 bridgehead atoms. The molecular weight excluding hydrogens is 531 g/mol. The number of piperazine rings is 1. The van der Waals surface area contributed by atoms with Crippen molar-refractivity contribution in [2.24, 2.45) is 0 Å². The van der Waals surface area contributed by atoms with E-state index in [1.807, 2.05) is 48.5 Å². The number of nitrogens with zero attached hydrogens (tertiary/aromatic N) is 6. The number of hydrogen-bond acceptors (Lipinski definition) is 7. The summed E-state index contributed by atoms with van der Waals surface area (Å²) in [5, 5.41) is 2.21. The summed E-state index contributed by atoms with van der Waals surface area (Å²) in [5.74, 6) is 0.0453. The summed E-state index contributed by atoms with van der Waals surface area (Å²) < 4.78 is 39.3. The molecule has 212 valence electrons. The van der Waals surface area contributed by atoms with Crippen molar-refractivity contribution in [2.45, 2.75) is 30.9 Å². The highest BCUT2D eigenvalue weighted by Crippen LogP contribution is 2.51. The Morgan fingerprint density at radius 1 is 0.878 bits per heavy atom. The van der Waals surface area contributed by atoms with Gasteiger partial charge >= 0.3 is 6.18 Å². The highest BCUT2D eigenvalue weighted by molar-refractivity contribution is 6.00. The summed E-state index contributed by atoms with van der Waals surface area (Å²) in [4.78, 5) is 35.6. The maximum atomic E-state index is 13.6. The van der Waals surface area contributed by atoms with Gasteiger partial charge < -0.3 is 10.2 Å². The lowest BCUT2D eigenvalue weighted by molar-refractivity contribution is -0.141. The van der Waals surface area contributed by atoms with Crippen LogP contribution >= 0.6 is 0 Å². The third-order valence-corrected chi connectivity index (χ3v) is 8.05. The van der Waals surface area contributed by atoms with Gasteiger partial charge in [0.05, 0.1) is 6.20 Å². The predicted molar refractivity (Wildman–Crippen MR) is 149 cm³/mol. The van der Waals surface area contributed by atoms with Gasteiger partial charge in [-0.15, -0.1) is 0 Å². The van der Waals surface area contributed by atoms with E-state index in [1.54, 1.807) is 18.6 Å². The van der Waals surface area contributed by atoms with Gasteiger partial charge in [0.15, 0.2) is 5.65 Å². The number of anilines is 1. The van der Waals surface area contributed by atoms with E-state index >= 15 is 0 Å². The number of carbonyl (C=O) groups excluding carboxylic acids is 1. The van der Waals surface area contributed by atoms with Crippen LogP contribution < -0.4 is 10.2 Å². The van der Waals surface area contributed by atoms with Gasteiger partial charge in [-0.05, 0) is 41.6 Å². The van der Waals surface area contributed by atoms with E-state index in [2.05, 4.69) is 35.1 Å². The lowest BCUT2D eigenvalue weighted by atomic mass is 9.73. The summed E-state index contributed by atoms with van der Waals surface area (Å²) in [6, 6.07) is 15.1. The summed E-state index contributed by atoms with van der Waals surface area (Å²) in [6.45, 7) is 2.71. The van der Waals surface area contributed by atoms with Crippen LogP contribution in [0.25, 0.3) is 22.3 Å². The zero-order valence-electron chi connectivity index (χ0n) is 22.4. The molecule has 11 heteroatoms. The molecule has 4 aromatic rings. The number of benzene rings is 2. The molecule has 41 heavy (non-hydrogen) atoms. The van der Waals surface area contributed by atoms with Crippen LogP contribution in [0.1, 0.15) is 30.4 Å². The third kappa shape index (κ3) is 5.33. The number of halogens is 3. The minimum atomic E-state index is -4.48. The molecule has 1 N–H and O–H groups in total. The second-order valence-electron chi connectivity index (χ2n) is 10.5. The molecule has 1 saturated heterocycles. The highest BCUT2D eigenvalue weighted by Gasteiger charge is 2.49. The van der Waals surface area contributed by atoms with Gasteiger partial charge in [0.1, 0.15) is 17.5 Å². The SMILES string of the molecule is O=C(NCC(F)(F)F)C1(CCCCN2CCN(c3ncc4nccnc4n3)CC2)c2ccccc2-c2ccccc21. The Morgan fingerprint density at radius 3 is 2.22 bits per heavy atom. The number of amides is 1. The van der Waals surface area contributed by atoms with Crippen molar-refractivity contribution in [3.8, 4) is 11.1 Å². The number of unbranched alkanes of at least 4 members (excludes halogenated alkanes) is 1. The fourth-order valence-electron chi connectivity index (χ4n) is 6.09. The first-order valence-electron chi connectivity index (χ1n) is 13.8. The molecule has 0 unspecified atom stereocenters. The van der Waals surface area contributed by atoms with Gasteiger partial charge in [0, 0.05) is 38.6 Å². The van der Waals surface area contributed by atoms with E-state index in [-0.39, 0.29) is 0 Å². The molecule has 0 saturated carbocycles. The minimum absolute atomic E-state index is 0.427. The monoisotopic (exact) mass is 561 g/mol. The van der Waals surface area contributed by atoms with Gasteiger partial charge in [-0.1, -0.05) is 55.0 Å². The quantitative estimate of drug-likeness (QED) is 0.320. The van der Waals surface area contributed by atoms with Crippen molar-refractivity contribution in [1.29, 1.82) is 0 Å². The van der Waals surface area contributed by atoms with Gasteiger partial charge in [0.2, 0.25) is 11.9 Å². The van der Waals surface area contributed by atoms with Crippen molar-refractivity contribution >= 4 is 23.0 Å². The summed E-state index contributed by atoms with van der Waals surface area (Å²) in [5.41, 5.74) is 3.43. The predicted octanol–water partition coefficient (Wildman–Crippen LogP) is 4.36. The zero-order chi connectivity index (χ0) is 28.5. The summed E-state index contributed by atoms with van der Waals surface area (Å²) >= 11 is 0. The Morgan fingerprint density at radius 2 is 1.54 bits per heavy atom. The fraction of sp³-hybridized carbons (Fsp3) is 0.367. The Labute approximate surface area is 235 Å². The zero-order valence-corrected chi connectivity index (χ0v) is 22.4. The number of fused-ring (bicyclic) bond motifs is 4. The smallest absolute Gasteiger partial charge is 0.346 e. The van der Waals surface area contributed by atoms with Crippen LogP contribution in [-0.4, -0.2) is 76.2 Å². The molecule has 6 rings (SSSR count). The second-order valence-corrected chi connectivity index (χ2v) is 10.5. The molecular formula is C30H30F3N7O. The number of alkyl halides is 3. The number of carbonyl (C=O) groups is 1. The first kappa shape index (κ1) is 27.1. The first-order chi connectivity index (χ1) is 19.8. The first-order valence-corrected chi connectivity index (χ1v) is 13.8. The maximum absolute atomic E-state index is 13.6. The summed E-state index contributed by atoms with van der Waals surface area (Å²) in [6.07, 6.45) is 2.38. The topological polar surface area (TPSA) is 87.1 Å². The van der Waals surface area contributed by atoms with Crippen LogP contribution in [0.3, 0.4) is 0 Å². The van der Waals surface area contributed by atoms with Crippen molar-refractivity contribution in [1.82, 2.24) is 30.2 Å². The molecule has 1 aliphatic heterocycles. The molecule has 2 aliphatic rings. The Kier molecular flexibility index (Phi) is 7.29. The van der Waals surface area contributed by atoms with Crippen molar-refractivity contribution in [3.63, 3.8) is 0 Å². The standard InChI is InChI=1S/C30H30F3N7O/c31-30(32,33)20-37-27(41)29(23-9-3-1-7-21(23)22-8-2-4-10-24(22)29)11-5-6-14-39-15-17-40(18-16-39)28-36-19-25-26(38-28)35-13-12-34-25/h1-4,7-10,12-13,19H,5-6,11,14-18,20H2,(H,37,41). The van der Waals surface area contributed by atoms with E-state index < -0.39 is 24.0 Å². The molecule has 1 aliphatic carbocycles. The van der Waals surface area contributed by atoms with Gasteiger partial charge in [-0.2, -0.15) is 18.2 Å². The van der Waals surface area contributed by atoms with Gasteiger partial charge in [-0.3, -0.25) is 9.69 Å². The molecule has 1 amide bonds. The normalized spacial score (nSPS) is 16.4. The number of aromatic nitrogens is 4. The third-order valence-electron chi connectivity index (χ3n) is 8.05. The molecule has 2 aromatic heterocycles. The lowest BCUT2D eigenvalue weighted by Gasteiger charge is -2.35. The van der Waals surface area contributed by atoms with Crippen LogP contribution in [0.4, 0.5) is 19.1 Å². The molecule has 0 radical (unpaired) electrons. The molecule has 8 nitrogen and oxygen atoms in total. The summed E-state index contributed by atoms with van der Waals surface area (Å²) in [7, 11) is 0. The fourth-order valence-corrected chi connectivity index (χ4v) is 6.09. The number of rotatable bonds is 8. The van der Waals surface area contributed by atoms with Crippen molar-refractivity contribution in [2.75, 3.05) is 44.2 Å². The van der Waals surface area contributed by atoms with Crippen LogP contribution in [0, 0.1) is 0 Å². The Bertz CT molecular complexity index is 1510. The number of nitrogens with one attached hydrogen (secondary N) is 1. The molecule has 1 fully saturated rings. The van der Waals surface area contributed by atoms with Gasteiger partial charge in [-0.25, -0.2) is 15.0 Å². The number of hydrogen-bond donors (Lipinski definition) is 1. The van der Waals surface area contributed by atoms with Crippen LogP contribution in [-0.2, 0) is 10.2 Å². The molecule has 3 heterocycles. The van der Waals surface area contributed by atoms with Crippen LogP contribution in [0.2, 0.25) is 0 Å². The lowest BCUT2D eigenvalue weighted by Crippen LogP contribution is -2.48. The van der Waals surface area contributed by atoms with E-state index in [0.29, 0.717) is 30.0 Å². The molecule has 2 aromatic carbocycles. The minimum Gasteiger partial charge on any atom is -0.346 e. The average Bonchev–Trinajstić information content (AvgIpc) is 3.28. The van der Waals surface area contributed by atoms with Gasteiger partial charge in [0.25, 0.3) is 0 Å². The van der Waals surface area contributed by atoms with Crippen molar-refractivity contribution < 1.29 is 18.0 Å². The van der Waals surface area contributed by atoms with E-state index in [1.165, 1.54) is 0 Å². The molecule has 0 atom stereocenters. The Hall–Kier alpha value is -4.12. The van der Waals surface area contributed by atoms with E-state index in [0.717, 1.165) is 61.4 Å². The Balaban J connectivity index is 1.12. The largest absolute Gasteiger partial charge is 0.405 e. The second kappa shape index (κ2) is 11.0. The average molecular weight is 562 g/mol.